The number of benzene rings is 1. The van der Waals surface area contributed by atoms with E-state index in [4.69, 9.17) is 5.11 Å². The Bertz CT molecular complexity index is 554. The second-order valence-electron chi connectivity index (χ2n) is 3.85. The summed E-state index contributed by atoms with van der Waals surface area (Å²) in [6.07, 6.45) is 0. The lowest BCUT2D eigenvalue weighted by Gasteiger charge is -2.15. The molecule has 2 aromatic rings. The molecule has 0 bridgehead atoms. The van der Waals surface area contributed by atoms with Crippen LogP contribution >= 0.6 is 11.3 Å². The summed E-state index contributed by atoms with van der Waals surface area (Å²) in [5.41, 5.74) is -0.0238. The number of rotatable bonds is 4. The third-order valence-corrected chi connectivity index (χ3v) is 3.62. The quantitative estimate of drug-likeness (QED) is 0.885. The van der Waals surface area contributed by atoms with Crippen molar-refractivity contribution < 1.29 is 14.3 Å². The summed E-state index contributed by atoms with van der Waals surface area (Å²) in [6.45, 7) is 1.91. The molecule has 94 valence electrons. The summed E-state index contributed by atoms with van der Waals surface area (Å²) in [4.78, 5) is 12.1. The summed E-state index contributed by atoms with van der Waals surface area (Å²) in [5.74, 6) is -2.00. The molecule has 0 aliphatic heterocycles. The lowest BCUT2D eigenvalue weighted by atomic mass is 10.1. The van der Waals surface area contributed by atoms with Crippen molar-refractivity contribution in [2.24, 2.45) is 0 Å². The first-order valence-electron chi connectivity index (χ1n) is 5.41. The van der Waals surface area contributed by atoms with Crippen LogP contribution in [-0.2, 0) is 0 Å². The van der Waals surface area contributed by atoms with Crippen LogP contribution in [0.15, 0.2) is 35.7 Å². The summed E-state index contributed by atoms with van der Waals surface area (Å²) in [7, 11) is 0. The van der Waals surface area contributed by atoms with Gasteiger partial charge in [-0.05, 0) is 30.5 Å². The Morgan fingerprint density at radius 1 is 1.39 bits per heavy atom. The minimum atomic E-state index is -1.27. The molecular formula is C13H12FNO2S. The maximum atomic E-state index is 13.5. The summed E-state index contributed by atoms with van der Waals surface area (Å²) in [6, 6.07) is 8.00. The molecule has 0 amide bonds. The summed E-state index contributed by atoms with van der Waals surface area (Å²) in [5, 5.41) is 14.0. The van der Waals surface area contributed by atoms with Gasteiger partial charge in [-0.15, -0.1) is 11.3 Å². The van der Waals surface area contributed by atoms with Gasteiger partial charge in [0.2, 0.25) is 0 Å². The van der Waals surface area contributed by atoms with Gasteiger partial charge in [0.1, 0.15) is 11.4 Å². The van der Waals surface area contributed by atoms with E-state index in [1.54, 1.807) is 17.4 Å². The average molecular weight is 265 g/mol. The van der Waals surface area contributed by atoms with Crippen LogP contribution < -0.4 is 5.32 Å². The number of aromatic carboxylic acids is 1. The fourth-order valence-corrected chi connectivity index (χ4v) is 2.44. The van der Waals surface area contributed by atoms with E-state index in [-0.39, 0.29) is 11.6 Å². The van der Waals surface area contributed by atoms with Gasteiger partial charge in [-0.2, -0.15) is 0 Å². The molecule has 5 heteroatoms. The number of hydrogen-bond acceptors (Lipinski definition) is 3. The first-order chi connectivity index (χ1) is 8.59. The Hall–Kier alpha value is -1.88. The number of thiophene rings is 1. The second-order valence-corrected chi connectivity index (χ2v) is 4.83. The van der Waals surface area contributed by atoms with Crippen LogP contribution in [0.1, 0.15) is 28.2 Å². The van der Waals surface area contributed by atoms with Crippen molar-refractivity contribution in [3.63, 3.8) is 0 Å². The van der Waals surface area contributed by atoms with Crippen LogP contribution in [0.3, 0.4) is 0 Å². The van der Waals surface area contributed by atoms with Crippen molar-refractivity contribution >= 4 is 23.0 Å². The van der Waals surface area contributed by atoms with E-state index in [0.717, 1.165) is 10.9 Å². The van der Waals surface area contributed by atoms with Crippen LogP contribution in [0.5, 0.6) is 0 Å². The van der Waals surface area contributed by atoms with Crippen molar-refractivity contribution in [3.8, 4) is 0 Å². The van der Waals surface area contributed by atoms with Crippen molar-refractivity contribution in [2.45, 2.75) is 13.0 Å². The number of carbonyl (C=O) groups is 1. The minimum absolute atomic E-state index is 0.0649. The highest BCUT2D eigenvalue weighted by Crippen LogP contribution is 2.26. The predicted molar refractivity (Wildman–Crippen MR) is 69.7 cm³/mol. The number of nitrogens with one attached hydrogen (secondary N) is 1. The standard InChI is InChI=1S/C13H12FNO2S/c1-8(11-6-3-7-18-11)15-10-5-2-4-9(14)12(10)13(16)17/h2-8,15H,1H3,(H,16,17). The maximum absolute atomic E-state index is 13.5. The molecule has 18 heavy (non-hydrogen) atoms. The smallest absolute Gasteiger partial charge is 0.340 e. The molecule has 3 nitrogen and oxygen atoms in total. The normalized spacial score (nSPS) is 12.1. The lowest BCUT2D eigenvalue weighted by Crippen LogP contribution is -2.11. The maximum Gasteiger partial charge on any atom is 0.340 e. The first kappa shape index (κ1) is 12.6. The first-order valence-corrected chi connectivity index (χ1v) is 6.29. The van der Waals surface area contributed by atoms with Crippen molar-refractivity contribution in [1.82, 2.24) is 0 Å². The van der Waals surface area contributed by atoms with Crippen molar-refractivity contribution in [3.05, 3.63) is 52.0 Å². The average Bonchev–Trinajstić information content (AvgIpc) is 2.81. The SMILES string of the molecule is CC(Nc1cccc(F)c1C(=O)O)c1cccs1. The van der Waals surface area contributed by atoms with Gasteiger partial charge >= 0.3 is 5.97 Å². The molecule has 0 radical (unpaired) electrons. The Kier molecular flexibility index (Phi) is 3.62. The molecule has 2 N–H and O–H groups in total. The second kappa shape index (κ2) is 5.18. The Morgan fingerprint density at radius 3 is 2.78 bits per heavy atom. The molecule has 1 unspecified atom stereocenters. The van der Waals surface area contributed by atoms with Gasteiger partial charge in [0.15, 0.2) is 0 Å². The largest absolute Gasteiger partial charge is 0.478 e. The molecule has 1 aromatic carbocycles. The van der Waals surface area contributed by atoms with E-state index >= 15 is 0 Å². The molecule has 0 aliphatic rings. The molecule has 1 atom stereocenters. The van der Waals surface area contributed by atoms with Gasteiger partial charge in [-0.3, -0.25) is 0 Å². The fourth-order valence-electron chi connectivity index (χ4n) is 1.70. The van der Waals surface area contributed by atoms with Gasteiger partial charge in [0.05, 0.1) is 11.7 Å². The fraction of sp³-hybridized carbons (Fsp3) is 0.154. The van der Waals surface area contributed by atoms with Crippen LogP contribution in [0.2, 0.25) is 0 Å². The van der Waals surface area contributed by atoms with Gasteiger partial charge < -0.3 is 10.4 Å². The minimum Gasteiger partial charge on any atom is -0.478 e. The molecule has 1 aromatic heterocycles. The van der Waals surface area contributed by atoms with E-state index in [0.29, 0.717) is 5.69 Å². The Labute approximate surface area is 108 Å². The topological polar surface area (TPSA) is 49.3 Å². The van der Waals surface area contributed by atoms with Crippen LogP contribution in [0.25, 0.3) is 0 Å². The zero-order valence-corrected chi connectivity index (χ0v) is 10.5. The number of carboxylic acid groups (broad SMARTS) is 1. The highest BCUT2D eigenvalue weighted by Gasteiger charge is 2.17. The predicted octanol–water partition coefficient (Wildman–Crippen LogP) is 3.76. The molecule has 0 aliphatic carbocycles. The van der Waals surface area contributed by atoms with Crippen molar-refractivity contribution in [1.29, 1.82) is 0 Å². The molecule has 2 rings (SSSR count). The lowest BCUT2D eigenvalue weighted by molar-refractivity contribution is 0.0693. The molecular weight excluding hydrogens is 253 g/mol. The number of halogens is 1. The highest BCUT2D eigenvalue weighted by atomic mass is 32.1. The molecule has 0 fully saturated rings. The molecule has 0 saturated heterocycles. The van der Waals surface area contributed by atoms with Gasteiger partial charge in [-0.1, -0.05) is 12.1 Å². The summed E-state index contributed by atoms with van der Waals surface area (Å²) < 4.78 is 13.5. The van der Waals surface area contributed by atoms with E-state index < -0.39 is 11.8 Å². The van der Waals surface area contributed by atoms with Gasteiger partial charge in [0, 0.05) is 4.88 Å². The summed E-state index contributed by atoms with van der Waals surface area (Å²) >= 11 is 1.57. The van der Waals surface area contributed by atoms with Crippen LogP contribution in [0.4, 0.5) is 10.1 Å². The third kappa shape index (κ3) is 2.51. The van der Waals surface area contributed by atoms with Crippen LogP contribution in [0, 0.1) is 5.82 Å². The zero-order valence-electron chi connectivity index (χ0n) is 9.68. The number of anilines is 1. The Balaban J connectivity index is 2.29. The highest BCUT2D eigenvalue weighted by molar-refractivity contribution is 7.10. The third-order valence-electron chi connectivity index (χ3n) is 2.57. The van der Waals surface area contributed by atoms with Crippen molar-refractivity contribution in [2.75, 3.05) is 5.32 Å². The van der Waals surface area contributed by atoms with Gasteiger partial charge in [0.25, 0.3) is 0 Å². The number of carboxylic acids is 1. The van der Waals surface area contributed by atoms with E-state index in [2.05, 4.69) is 5.32 Å². The van der Waals surface area contributed by atoms with Gasteiger partial charge in [-0.25, -0.2) is 9.18 Å². The molecule has 0 spiro atoms. The molecule has 1 heterocycles. The molecule has 0 saturated carbocycles. The number of hydrogen-bond donors (Lipinski definition) is 2. The van der Waals surface area contributed by atoms with E-state index in [9.17, 15) is 9.18 Å². The monoisotopic (exact) mass is 265 g/mol. The van der Waals surface area contributed by atoms with E-state index in [1.165, 1.54) is 6.07 Å². The Morgan fingerprint density at radius 2 is 2.17 bits per heavy atom. The van der Waals surface area contributed by atoms with E-state index in [1.807, 2.05) is 24.4 Å². The van der Waals surface area contributed by atoms with Crippen LogP contribution in [-0.4, -0.2) is 11.1 Å². The zero-order chi connectivity index (χ0) is 13.1.